The first-order valence-corrected chi connectivity index (χ1v) is 11.8. The molecule has 1 aliphatic heterocycles. The standard InChI is InChI=1S/C27H22Cl2N2O5/c1-3-35-24-13-18(7-11-23(24)36-15-17-5-9-19(28)10-6-17)12-21-25(32)30-27(34)31(26(21)33)22-14-20(29)8-4-16(22)2/h4-14H,3,15H2,1-2H3,(H,30,32,34)/b21-12+. The summed E-state index contributed by atoms with van der Waals surface area (Å²) in [5, 5.41) is 3.21. The van der Waals surface area contributed by atoms with Crippen LogP contribution in [0.2, 0.25) is 10.0 Å². The van der Waals surface area contributed by atoms with Crippen molar-refractivity contribution in [3.8, 4) is 11.5 Å². The van der Waals surface area contributed by atoms with E-state index in [1.807, 2.05) is 19.1 Å². The van der Waals surface area contributed by atoms with Crippen molar-refractivity contribution in [2.75, 3.05) is 11.5 Å². The van der Waals surface area contributed by atoms with Crippen LogP contribution in [-0.2, 0) is 16.2 Å². The number of nitrogens with zero attached hydrogens (tertiary/aromatic N) is 1. The van der Waals surface area contributed by atoms with Crippen LogP contribution >= 0.6 is 23.2 Å². The maximum absolute atomic E-state index is 13.2. The van der Waals surface area contributed by atoms with E-state index in [1.165, 1.54) is 12.1 Å². The topological polar surface area (TPSA) is 84.9 Å². The summed E-state index contributed by atoms with van der Waals surface area (Å²) in [5.41, 5.74) is 2.19. The molecule has 36 heavy (non-hydrogen) atoms. The van der Waals surface area contributed by atoms with Crippen LogP contribution in [0.3, 0.4) is 0 Å². The number of carbonyl (C=O) groups is 3. The van der Waals surface area contributed by atoms with Crippen molar-refractivity contribution >= 4 is 52.8 Å². The quantitative estimate of drug-likeness (QED) is 0.305. The zero-order valence-electron chi connectivity index (χ0n) is 19.5. The highest BCUT2D eigenvalue weighted by Crippen LogP contribution is 2.32. The number of hydrogen-bond acceptors (Lipinski definition) is 5. The van der Waals surface area contributed by atoms with E-state index in [9.17, 15) is 14.4 Å². The molecule has 3 aromatic carbocycles. The fourth-order valence-corrected chi connectivity index (χ4v) is 3.90. The van der Waals surface area contributed by atoms with E-state index >= 15 is 0 Å². The van der Waals surface area contributed by atoms with E-state index in [-0.39, 0.29) is 5.57 Å². The molecule has 184 valence electrons. The zero-order valence-corrected chi connectivity index (χ0v) is 21.0. The molecular weight excluding hydrogens is 503 g/mol. The Balaban J connectivity index is 1.63. The minimum atomic E-state index is -0.839. The van der Waals surface area contributed by atoms with Gasteiger partial charge in [0, 0.05) is 10.0 Å². The molecule has 0 saturated carbocycles. The molecular formula is C27H22Cl2N2O5. The highest BCUT2D eigenvalue weighted by atomic mass is 35.5. The molecule has 0 unspecified atom stereocenters. The van der Waals surface area contributed by atoms with Crippen LogP contribution < -0.4 is 19.7 Å². The number of rotatable bonds is 7. The van der Waals surface area contributed by atoms with Gasteiger partial charge in [0.2, 0.25) is 0 Å². The number of anilines is 1. The Morgan fingerprint density at radius 1 is 0.889 bits per heavy atom. The lowest BCUT2D eigenvalue weighted by Crippen LogP contribution is -2.54. The summed E-state index contributed by atoms with van der Waals surface area (Å²) in [4.78, 5) is 39.2. The number of halogens is 2. The van der Waals surface area contributed by atoms with Crippen LogP contribution in [0.5, 0.6) is 11.5 Å². The molecule has 3 aromatic rings. The normalized spacial score (nSPS) is 14.7. The van der Waals surface area contributed by atoms with Crippen LogP contribution in [-0.4, -0.2) is 24.5 Å². The molecule has 1 heterocycles. The van der Waals surface area contributed by atoms with Crippen LogP contribution in [0.4, 0.5) is 10.5 Å². The molecule has 9 heteroatoms. The van der Waals surface area contributed by atoms with Gasteiger partial charge < -0.3 is 9.47 Å². The average Bonchev–Trinajstić information content (AvgIpc) is 2.84. The van der Waals surface area contributed by atoms with Crippen molar-refractivity contribution in [3.05, 3.63) is 93.0 Å². The molecule has 1 N–H and O–H groups in total. The summed E-state index contributed by atoms with van der Waals surface area (Å²) >= 11 is 12.0. The van der Waals surface area contributed by atoms with E-state index in [0.29, 0.717) is 51.6 Å². The molecule has 1 saturated heterocycles. The van der Waals surface area contributed by atoms with Crippen molar-refractivity contribution in [2.45, 2.75) is 20.5 Å². The lowest BCUT2D eigenvalue weighted by atomic mass is 10.1. The third kappa shape index (κ3) is 5.53. The summed E-state index contributed by atoms with van der Waals surface area (Å²) < 4.78 is 11.6. The molecule has 0 aliphatic carbocycles. The zero-order chi connectivity index (χ0) is 25.8. The molecule has 1 aliphatic rings. The number of carbonyl (C=O) groups excluding carboxylic acids is 3. The maximum Gasteiger partial charge on any atom is 0.335 e. The van der Waals surface area contributed by atoms with Gasteiger partial charge in [-0.25, -0.2) is 9.69 Å². The second-order valence-corrected chi connectivity index (χ2v) is 8.82. The average molecular weight is 525 g/mol. The number of ether oxygens (including phenoxy) is 2. The Labute approximate surface area is 218 Å². The highest BCUT2D eigenvalue weighted by molar-refractivity contribution is 6.39. The Hall–Kier alpha value is -3.81. The van der Waals surface area contributed by atoms with E-state index in [1.54, 1.807) is 49.4 Å². The first kappa shape index (κ1) is 25.3. The van der Waals surface area contributed by atoms with E-state index < -0.39 is 17.8 Å². The number of barbiturate groups is 1. The Morgan fingerprint density at radius 2 is 1.61 bits per heavy atom. The van der Waals surface area contributed by atoms with Crippen molar-refractivity contribution in [3.63, 3.8) is 0 Å². The van der Waals surface area contributed by atoms with Gasteiger partial charge in [-0.3, -0.25) is 14.9 Å². The molecule has 0 aromatic heterocycles. The van der Waals surface area contributed by atoms with Gasteiger partial charge in [-0.1, -0.05) is 47.5 Å². The summed E-state index contributed by atoms with van der Waals surface area (Å²) in [6, 6.07) is 16.4. The molecule has 0 atom stereocenters. The van der Waals surface area contributed by atoms with Crippen molar-refractivity contribution in [2.24, 2.45) is 0 Å². The van der Waals surface area contributed by atoms with Crippen LogP contribution in [0.15, 0.2) is 66.2 Å². The van der Waals surface area contributed by atoms with Crippen molar-refractivity contribution in [1.29, 1.82) is 0 Å². The number of nitrogens with one attached hydrogen (secondary N) is 1. The van der Waals surface area contributed by atoms with Crippen LogP contribution in [0.1, 0.15) is 23.6 Å². The number of hydrogen-bond donors (Lipinski definition) is 1. The van der Waals surface area contributed by atoms with Crippen LogP contribution in [0, 0.1) is 6.92 Å². The van der Waals surface area contributed by atoms with Gasteiger partial charge in [0.15, 0.2) is 11.5 Å². The van der Waals surface area contributed by atoms with Gasteiger partial charge in [0.05, 0.1) is 12.3 Å². The predicted octanol–water partition coefficient (Wildman–Crippen LogP) is 5.95. The summed E-state index contributed by atoms with van der Waals surface area (Å²) in [6.07, 6.45) is 1.41. The number of aryl methyl sites for hydroxylation is 1. The predicted molar refractivity (Wildman–Crippen MR) is 139 cm³/mol. The minimum absolute atomic E-state index is 0.203. The summed E-state index contributed by atoms with van der Waals surface area (Å²) in [6.45, 7) is 4.26. The van der Waals surface area contributed by atoms with Gasteiger partial charge in [-0.2, -0.15) is 0 Å². The Bertz CT molecular complexity index is 1370. The second-order valence-electron chi connectivity index (χ2n) is 7.94. The molecule has 0 radical (unpaired) electrons. The number of urea groups is 1. The first-order valence-electron chi connectivity index (χ1n) is 11.1. The maximum atomic E-state index is 13.2. The van der Waals surface area contributed by atoms with Gasteiger partial charge >= 0.3 is 6.03 Å². The van der Waals surface area contributed by atoms with Crippen molar-refractivity contribution in [1.82, 2.24) is 5.32 Å². The van der Waals surface area contributed by atoms with Crippen molar-refractivity contribution < 1.29 is 23.9 Å². The van der Waals surface area contributed by atoms with Gasteiger partial charge in [-0.15, -0.1) is 0 Å². The third-order valence-electron chi connectivity index (χ3n) is 5.40. The van der Waals surface area contributed by atoms with E-state index in [0.717, 1.165) is 10.5 Å². The largest absolute Gasteiger partial charge is 0.490 e. The summed E-state index contributed by atoms with van der Waals surface area (Å²) in [7, 11) is 0. The fourth-order valence-electron chi connectivity index (χ4n) is 3.61. The summed E-state index contributed by atoms with van der Waals surface area (Å²) in [5.74, 6) is -0.597. The van der Waals surface area contributed by atoms with Gasteiger partial charge in [-0.05, 0) is 73.0 Å². The molecule has 4 rings (SSSR count). The molecule has 0 bridgehead atoms. The first-order chi connectivity index (χ1) is 17.3. The Morgan fingerprint density at radius 3 is 2.33 bits per heavy atom. The number of imide groups is 2. The SMILES string of the molecule is CCOc1cc(/C=C2\C(=O)NC(=O)N(c3cc(Cl)ccc3C)C2=O)ccc1OCc1ccc(Cl)cc1. The minimum Gasteiger partial charge on any atom is -0.490 e. The molecule has 0 spiro atoms. The van der Waals surface area contributed by atoms with Crippen LogP contribution in [0.25, 0.3) is 6.08 Å². The Kier molecular flexibility index (Phi) is 7.62. The number of amides is 4. The van der Waals surface area contributed by atoms with Gasteiger partial charge in [0.1, 0.15) is 12.2 Å². The lowest BCUT2D eigenvalue weighted by molar-refractivity contribution is -0.122. The van der Waals surface area contributed by atoms with Gasteiger partial charge in [0.25, 0.3) is 11.8 Å². The molecule has 4 amide bonds. The molecule has 7 nitrogen and oxygen atoms in total. The second kappa shape index (κ2) is 10.8. The fraction of sp³-hybridized carbons (Fsp3) is 0.148. The smallest absolute Gasteiger partial charge is 0.335 e. The highest BCUT2D eigenvalue weighted by Gasteiger charge is 2.37. The van der Waals surface area contributed by atoms with E-state index in [2.05, 4.69) is 5.32 Å². The number of benzene rings is 3. The van der Waals surface area contributed by atoms with E-state index in [4.69, 9.17) is 32.7 Å². The lowest BCUT2D eigenvalue weighted by Gasteiger charge is -2.27. The molecule has 1 fully saturated rings. The monoisotopic (exact) mass is 524 g/mol. The third-order valence-corrected chi connectivity index (χ3v) is 5.89.